The molecule has 0 saturated carbocycles. The van der Waals surface area contributed by atoms with Crippen LogP contribution in [0, 0.1) is 12.8 Å². The van der Waals surface area contributed by atoms with Gasteiger partial charge < -0.3 is 9.73 Å². The van der Waals surface area contributed by atoms with Gasteiger partial charge in [0.05, 0.1) is 0 Å². The quantitative estimate of drug-likeness (QED) is 0.704. The van der Waals surface area contributed by atoms with Gasteiger partial charge in [-0.3, -0.25) is 4.79 Å². The Bertz CT molecular complexity index is 834. The van der Waals surface area contributed by atoms with Crippen LogP contribution in [-0.2, 0) is 4.79 Å². The number of hydrogen-bond donors (Lipinski definition) is 1. The molecular formula is C20H22N2O2. The maximum atomic E-state index is 12.3. The Morgan fingerprint density at radius 1 is 1.25 bits per heavy atom. The number of para-hydroxylation sites is 2. The Labute approximate surface area is 141 Å². The highest BCUT2D eigenvalue weighted by Gasteiger charge is 2.15. The zero-order chi connectivity index (χ0) is 17.1. The van der Waals surface area contributed by atoms with Crippen LogP contribution in [0.5, 0.6) is 0 Å². The van der Waals surface area contributed by atoms with E-state index in [9.17, 15) is 4.79 Å². The lowest BCUT2D eigenvalue weighted by Gasteiger charge is -2.13. The van der Waals surface area contributed by atoms with Gasteiger partial charge in [0.15, 0.2) is 5.58 Å². The van der Waals surface area contributed by atoms with Gasteiger partial charge in [0.1, 0.15) is 5.52 Å². The first-order valence-electron chi connectivity index (χ1n) is 8.36. The second-order valence-corrected chi connectivity index (χ2v) is 6.20. The molecule has 0 unspecified atom stereocenters. The van der Waals surface area contributed by atoms with Gasteiger partial charge in [0, 0.05) is 17.2 Å². The maximum absolute atomic E-state index is 12.3. The van der Waals surface area contributed by atoms with Crippen LogP contribution in [0.4, 0.5) is 5.69 Å². The van der Waals surface area contributed by atoms with Crippen molar-refractivity contribution in [2.24, 2.45) is 5.92 Å². The molecule has 1 heterocycles. The van der Waals surface area contributed by atoms with E-state index in [2.05, 4.69) is 17.2 Å². The van der Waals surface area contributed by atoms with Gasteiger partial charge in [-0.15, -0.1) is 0 Å². The summed E-state index contributed by atoms with van der Waals surface area (Å²) in [5, 5.41) is 3.03. The molecular weight excluding hydrogens is 300 g/mol. The zero-order valence-electron chi connectivity index (χ0n) is 14.3. The molecule has 1 N–H and O–H groups in total. The Morgan fingerprint density at radius 3 is 2.79 bits per heavy atom. The summed E-state index contributed by atoms with van der Waals surface area (Å²) in [4.78, 5) is 16.8. The number of oxazole rings is 1. The molecule has 124 valence electrons. The van der Waals surface area contributed by atoms with Gasteiger partial charge in [0.25, 0.3) is 0 Å². The second-order valence-electron chi connectivity index (χ2n) is 6.20. The third kappa shape index (κ3) is 3.32. The number of aryl methyl sites for hydroxylation is 1. The zero-order valence-corrected chi connectivity index (χ0v) is 14.3. The molecule has 0 bridgehead atoms. The van der Waals surface area contributed by atoms with Crippen molar-refractivity contribution in [2.75, 3.05) is 5.32 Å². The molecule has 1 atom stereocenters. The fourth-order valence-electron chi connectivity index (χ4n) is 2.71. The van der Waals surface area contributed by atoms with Crippen molar-refractivity contribution in [2.45, 2.75) is 33.6 Å². The van der Waals surface area contributed by atoms with Gasteiger partial charge in [-0.05, 0) is 43.2 Å². The summed E-state index contributed by atoms with van der Waals surface area (Å²) < 4.78 is 5.82. The smallest absolute Gasteiger partial charge is 0.227 e. The van der Waals surface area contributed by atoms with Crippen LogP contribution < -0.4 is 5.32 Å². The third-order valence-electron chi connectivity index (χ3n) is 4.21. The van der Waals surface area contributed by atoms with Crippen molar-refractivity contribution in [3.05, 3.63) is 48.0 Å². The molecule has 1 amide bonds. The van der Waals surface area contributed by atoms with Gasteiger partial charge in [0.2, 0.25) is 11.8 Å². The van der Waals surface area contributed by atoms with Crippen molar-refractivity contribution >= 4 is 22.7 Å². The van der Waals surface area contributed by atoms with Crippen molar-refractivity contribution < 1.29 is 9.21 Å². The standard InChI is InChI=1S/C20H22N2O2/c1-4-7-14(3)19(23)21-17-12-15(11-10-13(17)2)20-22-16-8-5-6-9-18(16)24-20/h5-6,8-12,14H,4,7H2,1-3H3,(H,21,23)/t14-/m0/s1. The van der Waals surface area contributed by atoms with Crippen molar-refractivity contribution in [3.63, 3.8) is 0 Å². The average molecular weight is 322 g/mol. The molecule has 0 radical (unpaired) electrons. The van der Waals surface area contributed by atoms with Gasteiger partial charge in [-0.1, -0.05) is 38.5 Å². The summed E-state index contributed by atoms with van der Waals surface area (Å²) in [5.41, 5.74) is 4.27. The van der Waals surface area contributed by atoms with Crippen LogP contribution in [0.25, 0.3) is 22.6 Å². The summed E-state index contributed by atoms with van der Waals surface area (Å²) >= 11 is 0. The molecule has 0 saturated heterocycles. The average Bonchev–Trinajstić information content (AvgIpc) is 3.01. The largest absolute Gasteiger partial charge is 0.436 e. The highest BCUT2D eigenvalue weighted by atomic mass is 16.3. The summed E-state index contributed by atoms with van der Waals surface area (Å²) in [5.74, 6) is 0.616. The monoisotopic (exact) mass is 322 g/mol. The number of fused-ring (bicyclic) bond motifs is 1. The minimum absolute atomic E-state index is 0.00221. The SMILES string of the molecule is CCC[C@H](C)C(=O)Nc1cc(-c2nc3ccccc3o2)ccc1C. The number of rotatable bonds is 5. The Morgan fingerprint density at radius 2 is 2.04 bits per heavy atom. The minimum Gasteiger partial charge on any atom is -0.436 e. The maximum Gasteiger partial charge on any atom is 0.227 e. The van der Waals surface area contributed by atoms with Crippen LogP contribution in [0.2, 0.25) is 0 Å². The fraction of sp³-hybridized carbons (Fsp3) is 0.300. The summed E-state index contributed by atoms with van der Waals surface area (Å²) in [6.45, 7) is 6.03. The van der Waals surface area contributed by atoms with E-state index >= 15 is 0 Å². The Balaban J connectivity index is 1.89. The minimum atomic E-state index is 0.00221. The highest BCUT2D eigenvalue weighted by Crippen LogP contribution is 2.28. The molecule has 1 aromatic heterocycles. The number of anilines is 1. The molecule has 4 heteroatoms. The van der Waals surface area contributed by atoms with Crippen LogP contribution >= 0.6 is 0 Å². The predicted octanol–water partition coefficient (Wildman–Crippen LogP) is 5.18. The number of benzene rings is 2. The lowest BCUT2D eigenvalue weighted by molar-refractivity contribution is -0.119. The Kier molecular flexibility index (Phi) is 4.65. The first-order chi connectivity index (χ1) is 11.6. The predicted molar refractivity (Wildman–Crippen MR) is 96.9 cm³/mol. The fourth-order valence-corrected chi connectivity index (χ4v) is 2.71. The van der Waals surface area contributed by atoms with Crippen molar-refractivity contribution in [3.8, 4) is 11.5 Å². The second kappa shape index (κ2) is 6.87. The van der Waals surface area contributed by atoms with E-state index in [0.29, 0.717) is 5.89 Å². The number of amides is 1. The lowest BCUT2D eigenvalue weighted by Crippen LogP contribution is -2.20. The third-order valence-corrected chi connectivity index (χ3v) is 4.21. The number of nitrogens with zero attached hydrogens (tertiary/aromatic N) is 1. The number of aromatic nitrogens is 1. The normalized spacial score (nSPS) is 12.3. The summed E-state index contributed by atoms with van der Waals surface area (Å²) in [6.07, 6.45) is 1.88. The summed E-state index contributed by atoms with van der Waals surface area (Å²) in [7, 11) is 0. The first-order valence-corrected chi connectivity index (χ1v) is 8.36. The van der Waals surface area contributed by atoms with Crippen LogP contribution in [-0.4, -0.2) is 10.9 Å². The van der Waals surface area contributed by atoms with Crippen LogP contribution in [0.1, 0.15) is 32.3 Å². The van der Waals surface area contributed by atoms with Gasteiger partial charge in [-0.2, -0.15) is 0 Å². The number of hydrogen-bond acceptors (Lipinski definition) is 3. The van der Waals surface area contributed by atoms with Crippen LogP contribution in [0.15, 0.2) is 46.9 Å². The van der Waals surface area contributed by atoms with E-state index in [1.807, 2.05) is 56.3 Å². The Hall–Kier alpha value is -2.62. The molecule has 0 aliphatic heterocycles. The van der Waals surface area contributed by atoms with Crippen LogP contribution in [0.3, 0.4) is 0 Å². The molecule has 4 nitrogen and oxygen atoms in total. The number of carbonyl (C=O) groups excluding carboxylic acids is 1. The van der Waals surface area contributed by atoms with E-state index in [1.54, 1.807) is 0 Å². The molecule has 2 aromatic carbocycles. The number of nitrogens with one attached hydrogen (secondary N) is 1. The van der Waals surface area contributed by atoms with E-state index in [-0.39, 0.29) is 11.8 Å². The lowest BCUT2D eigenvalue weighted by atomic mass is 10.0. The van der Waals surface area contributed by atoms with E-state index in [1.165, 1.54) is 0 Å². The van der Waals surface area contributed by atoms with E-state index in [4.69, 9.17) is 4.42 Å². The van der Waals surface area contributed by atoms with E-state index < -0.39 is 0 Å². The molecule has 0 aliphatic carbocycles. The molecule has 0 spiro atoms. The highest BCUT2D eigenvalue weighted by molar-refractivity contribution is 5.93. The molecule has 3 aromatic rings. The van der Waals surface area contributed by atoms with E-state index in [0.717, 1.165) is 40.8 Å². The summed E-state index contributed by atoms with van der Waals surface area (Å²) in [6, 6.07) is 13.5. The van der Waals surface area contributed by atoms with Crippen molar-refractivity contribution in [1.29, 1.82) is 0 Å². The number of carbonyl (C=O) groups is 1. The topological polar surface area (TPSA) is 55.1 Å². The molecule has 0 aliphatic rings. The van der Waals surface area contributed by atoms with Gasteiger partial charge >= 0.3 is 0 Å². The molecule has 24 heavy (non-hydrogen) atoms. The molecule has 3 rings (SSSR count). The first kappa shape index (κ1) is 16.2. The van der Waals surface area contributed by atoms with Crippen molar-refractivity contribution in [1.82, 2.24) is 4.98 Å². The molecule has 0 fully saturated rings. The van der Waals surface area contributed by atoms with Gasteiger partial charge in [-0.25, -0.2) is 4.98 Å².